The minimum atomic E-state index is -0.287. The molecule has 0 aliphatic carbocycles. The highest BCUT2D eigenvalue weighted by atomic mass is 35.5. The minimum absolute atomic E-state index is 0. The van der Waals surface area contributed by atoms with Crippen molar-refractivity contribution in [2.75, 3.05) is 26.7 Å². The third-order valence-corrected chi connectivity index (χ3v) is 5.48. The molecule has 1 saturated heterocycles. The van der Waals surface area contributed by atoms with Crippen LogP contribution < -0.4 is 5.32 Å². The average molecular weight is 450 g/mol. The topological polar surface area (TPSA) is 45.2 Å². The van der Waals surface area contributed by atoms with E-state index in [2.05, 4.69) is 5.32 Å². The first-order chi connectivity index (χ1) is 13.7. The zero-order valence-electron chi connectivity index (χ0n) is 16.8. The van der Waals surface area contributed by atoms with E-state index in [1.807, 2.05) is 42.3 Å². The van der Waals surface area contributed by atoms with E-state index in [1.54, 1.807) is 12.1 Å². The third kappa shape index (κ3) is 5.09. The number of benzene rings is 2. The van der Waals surface area contributed by atoms with E-state index in [-0.39, 0.29) is 36.5 Å². The lowest BCUT2D eigenvalue weighted by molar-refractivity contribution is 0.0693. The Labute approximate surface area is 188 Å². The molecule has 0 saturated carbocycles. The first-order valence-corrected chi connectivity index (χ1v) is 9.75. The largest absolute Gasteiger partial charge is 0.339 e. The molecule has 1 amide bonds. The Balaban J connectivity index is 0.00000160. The van der Waals surface area contributed by atoms with Crippen LogP contribution in [0.25, 0.3) is 22.2 Å². The third-order valence-electron chi connectivity index (χ3n) is 5.48. The zero-order valence-corrected chi connectivity index (χ0v) is 18.4. The summed E-state index contributed by atoms with van der Waals surface area (Å²) in [7, 11) is 1.97. The van der Waals surface area contributed by atoms with Gasteiger partial charge in [-0.05, 0) is 68.8 Å². The number of pyridine rings is 1. The summed E-state index contributed by atoms with van der Waals surface area (Å²) in [6.45, 7) is 2.54. The lowest BCUT2D eigenvalue weighted by atomic mass is 9.95. The maximum absolute atomic E-state index is 13.3. The number of para-hydroxylation sites is 1. The Kier molecular flexibility index (Phi) is 8.59. The number of rotatable bonds is 4. The van der Waals surface area contributed by atoms with Crippen molar-refractivity contribution in [3.05, 3.63) is 66.0 Å². The Morgan fingerprint density at radius 3 is 2.43 bits per heavy atom. The number of nitrogens with one attached hydrogen (secondary N) is 1. The summed E-state index contributed by atoms with van der Waals surface area (Å²) in [5, 5.41) is 4.09. The normalized spacial score (nSPS) is 14.1. The van der Waals surface area contributed by atoms with Crippen LogP contribution in [0.5, 0.6) is 0 Å². The molecule has 1 fully saturated rings. The summed E-state index contributed by atoms with van der Waals surface area (Å²) in [5.74, 6) is 0.383. The van der Waals surface area contributed by atoms with E-state index in [0.29, 0.717) is 17.2 Å². The van der Waals surface area contributed by atoms with Gasteiger partial charge in [0.05, 0.1) is 16.8 Å². The second-order valence-corrected chi connectivity index (χ2v) is 7.37. The Hall–Kier alpha value is -2.21. The number of aromatic nitrogens is 1. The van der Waals surface area contributed by atoms with Gasteiger partial charge in [0.1, 0.15) is 5.82 Å². The van der Waals surface area contributed by atoms with Crippen molar-refractivity contribution in [2.45, 2.75) is 12.8 Å². The van der Waals surface area contributed by atoms with Crippen LogP contribution in [-0.4, -0.2) is 42.5 Å². The van der Waals surface area contributed by atoms with Gasteiger partial charge in [-0.3, -0.25) is 4.79 Å². The maximum atomic E-state index is 13.3. The molecule has 4 rings (SSSR count). The van der Waals surface area contributed by atoms with Crippen molar-refractivity contribution in [1.29, 1.82) is 0 Å². The molecule has 0 spiro atoms. The van der Waals surface area contributed by atoms with Crippen LogP contribution in [-0.2, 0) is 0 Å². The number of carbonyl (C=O) groups is 1. The van der Waals surface area contributed by atoms with E-state index in [4.69, 9.17) is 4.98 Å². The molecule has 3 aromatic rings. The van der Waals surface area contributed by atoms with Gasteiger partial charge < -0.3 is 10.2 Å². The van der Waals surface area contributed by atoms with Crippen molar-refractivity contribution >= 4 is 41.6 Å². The van der Waals surface area contributed by atoms with Crippen molar-refractivity contribution in [1.82, 2.24) is 15.2 Å². The van der Waals surface area contributed by atoms with Crippen LogP contribution in [0.2, 0.25) is 0 Å². The van der Waals surface area contributed by atoms with Gasteiger partial charge in [-0.2, -0.15) is 0 Å². The summed E-state index contributed by atoms with van der Waals surface area (Å²) < 4.78 is 13.3. The van der Waals surface area contributed by atoms with E-state index in [1.165, 1.54) is 12.1 Å². The fraction of sp³-hybridized carbons (Fsp3) is 0.304. The number of carbonyl (C=O) groups excluding carboxylic acids is 1. The predicted molar refractivity (Wildman–Crippen MR) is 124 cm³/mol. The summed E-state index contributed by atoms with van der Waals surface area (Å²) in [6, 6.07) is 15.8. The SMILES string of the molecule is CNCC1CCN(C(=O)c2cc(-c3ccc(F)cc3)nc3ccccc23)CC1.Cl.Cl. The number of hydrogen-bond acceptors (Lipinski definition) is 3. The van der Waals surface area contributed by atoms with Gasteiger partial charge in [-0.15, -0.1) is 24.8 Å². The summed E-state index contributed by atoms with van der Waals surface area (Å²) in [5.41, 5.74) is 2.93. The lowest BCUT2D eigenvalue weighted by Crippen LogP contribution is -2.40. The van der Waals surface area contributed by atoms with Gasteiger partial charge in [0.15, 0.2) is 0 Å². The quantitative estimate of drug-likeness (QED) is 0.612. The van der Waals surface area contributed by atoms with E-state index >= 15 is 0 Å². The fourth-order valence-corrected chi connectivity index (χ4v) is 3.92. The van der Waals surface area contributed by atoms with Crippen LogP contribution in [0.3, 0.4) is 0 Å². The zero-order chi connectivity index (χ0) is 19.5. The number of hydrogen-bond donors (Lipinski definition) is 1. The molecule has 1 aliphatic rings. The minimum Gasteiger partial charge on any atom is -0.339 e. The molecule has 1 aliphatic heterocycles. The number of fused-ring (bicyclic) bond motifs is 1. The molecule has 1 aromatic heterocycles. The molecule has 30 heavy (non-hydrogen) atoms. The monoisotopic (exact) mass is 449 g/mol. The Morgan fingerprint density at radius 2 is 1.77 bits per heavy atom. The van der Waals surface area contributed by atoms with Gasteiger partial charge in [-0.25, -0.2) is 9.37 Å². The van der Waals surface area contributed by atoms with E-state index < -0.39 is 0 Å². The molecule has 0 unspecified atom stereocenters. The van der Waals surface area contributed by atoms with Gasteiger partial charge in [0.25, 0.3) is 5.91 Å². The number of halogens is 3. The number of piperidine rings is 1. The standard InChI is InChI=1S/C23H24FN3O.2ClH/c1-25-15-16-10-12-27(13-11-16)23(28)20-14-22(17-6-8-18(24)9-7-17)26-21-5-3-2-4-19(20)21;;/h2-9,14,16,25H,10-13,15H2,1H3;2*1H. The second kappa shape index (κ2) is 10.7. The van der Waals surface area contributed by atoms with Crippen molar-refractivity contribution in [3.8, 4) is 11.3 Å². The molecule has 2 heterocycles. The summed E-state index contributed by atoms with van der Waals surface area (Å²) in [4.78, 5) is 20.0. The highest BCUT2D eigenvalue weighted by Crippen LogP contribution is 2.27. The Bertz CT molecular complexity index is 989. The highest BCUT2D eigenvalue weighted by molar-refractivity contribution is 6.07. The second-order valence-electron chi connectivity index (χ2n) is 7.37. The van der Waals surface area contributed by atoms with Crippen molar-refractivity contribution in [2.24, 2.45) is 5.92 Å². The maximum Gasteiger partial charge on any atom is 0.254 e. The van der Waals surface area contributed by atoms with Crippen molar-refractivity contribution < 1.29 is 9.18 Å². The van der Waals surface area contributed by atoms with Crippen LogP contribution in [0.15, 0.2) is 54.6 Å². The van der Waals surface area contributed by atoms with Crippen LogP contribution in [0, 0.1) is 11.7 Å². The summed E-state index contributed by atoms with van der Waals surface area (Å²) >= 11 is 0. The molecular formula is C23H26Cl2FN3O. The van der Waals surface area contributed by atoms with Crippen LogP contribution in [0.1, 0.15) is 23.2 Å². The van der Waals surface area contributed by atoms with Gasteiger partial charge in [0.2, 0.25) is 0 Å². The first-order valence-electron chi connectivity index (χ1n) is 9.75. The smallest absolute Gasteiger partial charge is 0.254 e. The van der Waals surface area contributed by atoms with E-state index in [0.717, 1.165) is 48.9 Å². The molecule has 160 valence electrons. The van der Waals surface area contributed by atoms with Crippen LogP contribution in [0.4, 0.5) is 4.39 Å². The average Bonchev–Trinajstić information content (AvgIpc) is 2.74. The van der Waals surface area contributed by atoms with Gasteiger partial charge in [0, 0.05) is 24.0 Å². The van der Waals surface area contributed by atoms with Crippen molar-refractivity contribution in [3.63, 3.8) is 0 Å². The molecule has 7 heteroatoms. The molecule has 2 aromatic carbocycles. The molecule has 0 atom stereocenters. The first kappa shape index (κ1) is 24.1. The van der Waals surface area contributed by atoms with E-state index in [9.17, 15) is 9.18 Å². The van der Waals surface area contributed by atoms with Crippen LogP contribution >= 0.6 is 24.8 Å². The molecular weight excluding hydrogens is 424 g/mol. The van der Waals surface area contributed by atoms with Gasteiger partial charge in [-0.1, -0.05) is 18.2 Å². The molecule has 4 nitrogen and oxygen atoms in total. The predicted octanol–water partition coefficient (Wildman–Crippen LogP) is 4.96. The number of likely N-dealkylation sites (tertiary alicyclic amines) is 1. The fourth-order valence-electron chi connectivity index (χ4n) is 3.92. The molecule has 0 bridgehead atoms. The van der Waals surface area contributed by atoms with Gasteiger partial charge >= 0.3 is 0 Å². The molecule has 0 radical (unpaired) electrons. The summed E-state index contributed by atoms with van der Waals surface area (Å²) in [6.07, 6.45) is 2.03. The number of amides is 1. The highest BCUT2D eigenvalue weighted by Gasteiger charge is 2.25. The number of nitrogens with zero attached hydrogens (tertiary/aromatic N) is 2. The Morgan fingerprint density at radius 1 is 1.10 bits per heavy atom. The molecule has 1 N–H and O–H groups in total. The lowest BCUT2D eigenvalue weighted by Gasteiger charge is -2.32.